The zero-order valence-electron chi connectivity index (χ0n) is 9.87. The first-order chi connectivity index (χ1) is 7.54. The van der Waals surface area contributed by atoms with E-state index in [0.29, 0.717) is 0 Å². The molecule has 4 unspecified atom stereocenters. The Hall–Kier alpha value is 1.27. The van der Waals surface area contributed by atoms with E-state index in [1.165, 1.54) is 0 Å². The van der Waals surface area contributed by atoms with Crippen LogP contribution in [0.1, 0.15) is 0 Å². The Morgan fingerprint density at radius 3 is 1.63 bits per heavy atom. The van der Waals surface area contributed by atoms with Crippen molar-refractivity contribution < 1.29 is 107 Å². The summed E-state index contributed by atoms with van der Waals surface area (Å²) in [6.07, 6.45) is -4.43. The Morgan fingerprint density at radius 2 is 1.42 bits per heavy atom. The average Bonchev–Trinajstić information content (AvgIpc) is 2.22. The molecule has 0 bridgehead atoms. The van der Waals surface area contributed by atoms with Gasteiger partial charge in [-0.25, -0.2) is 0 Å². The van der Waals surface area contributed by atoms with Gasteiger partial charge in [-0.2, -0.15) is 8.42 Å². The summed E-state index contributed by atoms with van der Waals surface area (Å²) in [5.74, 6) is 0. The first-order valence-corrected chi connectivity index (χ1v) is 5.50. The Morgan fingerprint density at radius 1 is 1.11 bits per heavy atom. The van der Waals surface area contributed by atoms with Crippen LogP contribution in [0.3, 0.4) is 0 Å². The topological polar surface area (TPSA) is 199 Å². The standard InChI is InChI=1S/C6H13NO5.ClH.K.H2O4S/c7-3(1-8)5(11)6(12)4(10)2-9;;;1-5(2,3)4/h1,3-6,9-12H,2,7H2;1H;;(H2,1,2,3,4)/q;;+1;/p-1. The Kier molecular flexibility index (Phi) is 21.3. The van der Waals surface area contributed by atoms with E-state index < -0.39 is 41.4 Å². The molecular formula is C6H15ClKNO9S. The van der Waals surface area contributed by atoms with Crippen molar-refractivity contribution in [1.82, 2.24) is 0 Å². The summed E-state index contributed by atoms with van der Waals surface area (Å²) in [6, 6.07) is -1.26. The number of hydrogen-bond acceptors (Lipinski definition) is 8. The van der Waals surface area contributed by atoms with Crippen LogP contribution >= 0.6 is 0 Å². The number of rotatable bonds is 5. The van der Waals surface area contributed by atoms with Gasteiger partial charge < -0.3 is 43.4 Å². The van der Waals surface area contributed by atoms with Crippen LogP contribution in [0.15, 0.2) is 0 Å². The summed E-state index contributed by atoms with van der Waals surface area (Å²) in [7, 11) is -4.67. The number of halogens is 1. The van der Waals surface area contributed by atoms with Crippen molar-refractivity contribution in [1.29, 1.82) is 0 Å². The van der Waals surface area contributed by atoms with E-state index in [2.05, 4.69) is 0 Å². The van der Waals surface area contributed by atoms with Gasteiger partial charge in [0, 0.05) is 0 Å². The predicted octanol–water partition coefficient (Wildman–Crippen LogP) is -10.1. The van der Waals surface area contributed by atoms with Crippen LogP contribution in [0, 0.1) is 0 Å². The minimum atomic E-state index is -4.67. The molecule has 0 rings (SSSR count). The van der Waals surface area contributed by atoms with Crippen LogP contribution in [-0.2, 0) is 15.2 Å². The van der Waals surface area contributed by atoms with Gasteiger partial charge in [0.25, 0.3) is 0 Å². The molecular weight excluding hydrogens is 337 g/mol. The average molecular weight is 352 g/mol. The third-order valence-electron chi connectivity index (χ3n) is 1.48. The number of hydrogen-bond donors (Lipinski definition) is 7. The summed E-state index contributed by atoms with van der Waals surface area (Å²) in [6.45, 7) is -0.705. The number of aliphatic hydroxyl groups is 4. The van der Waals surface area contributed by atoms with E-state index in [1.807, 2.05) is 0 Å². The summed E-state index contributed by atoms with van der Waals surface area (Å²) in [5.41, 5.74) is 5.04. The SMILES string of the molecule is NC(C=O)C(O)C(O)C(O)CO.O=S(=O)(O)O.[Cl-].[K+]. The van der Waals surface area contributed by atoms with Gasteiger partial charge in [-0.1, -0.05) is 0 Å². The molecule has 0 aliphatic heterocycles. The molecule has 0 radical (unpaired) electrons. The quantitative estimate of drug-likeness (QED) is 0.142. The Labute approximate surface area is 158 Å². The zero-order valence-corrected chi connectivity index (χ0v) is 14.6. The Balaban J connectivity index is -0.000000139. The first-order valence-electron chi connectivity index (χ1n) is 4.10. The van der Waals surface area contributed by atoms with Gasteiger partial charge in [0.05, 0.1) is 12.6 Å². The third kappa shape index (κ3) is 19.3. The molecule has 13 heteroatoms. The molecule has 0 saturated carbocycles. The van der Waals surface area contributed by atoms with Crippen molar-refractivity contribution >= 4 is 16.7 Å². The van der Waals surface area contributed by atoms with Gasteiger partial charge >= 0.3 is 61.8 Å². The second-order valence-corrected chi connectivity index (χ2v) is 3.79. The van der Waals surface area contributed by atoms with Gasteiger partial charge in [0.15, 0.2) is 0 Å². The first kappa shape index (κ1) is 28.4. The van der Waals surface area contributed by atoms with Crippen LogP contribution in [0.25, 0.3) is 0 Å². The number of nitrogens with two attached hydrogens (primary N) is 1. The fraction of sp³-hybridized carbons (Fsp3) is 0.833. The van der Waals surface area contributed by atoms with E-state index in [0.717, 1.165) is 0 Å². The molecule has 0 aromatic heterocycles. The number of carbonyl (C=O) groups is 1. The van der Waals surface area contributed by atoms with Crippen LogP contribution in [-0.4, -0.2) is 75.2 Å². The molecule has 19 heavy (non-hydrogen) atoms. The van der Waals surface area contributed by atoms with Crippen LogP contribution in [0.2, 0.25) is 0 Å². The van der Waals surface area contributed by atoms with Gasteiger partial charge in [0.1, 0.15) is 24.6 Å². The van der Waals surface area contributed by atoms with Gasteiger partial charge in [-0.15, -0.1) is 0 Å². The van der Waals surface area contributed by atoms with E-state index in [4.69, 9.17) is 43.7 Å². The van der Waals surface area contributed by atoms with Crippen molar-refractivity contribution in [2.24, 2.45) is 5.73 Å². The maximum atomic E-state index is 10.0. The fourth-order valence-electron chi connectivity index (χ4n) is 0.644. The molecule has 10 nitrogen and oxygen atoms in total. The van der Waals surface area contributed by atoms with Gasteiger partial charge in [-0.3, -0.25) is 9.11 Å². The van der Waals surface area contributed by atoms with E-state index in [1.54, 1.807) is 0 Å². The monoisotopic (exact) mass is 351 g/mol. The smallest absolute Gasteiger partial charge is 1.00 e. The van der Waals surface area contributed by atoms with Crippen LogP contribution < -0.4 is 69.5 Å². The molecule has 0 saturated heterocycles. The minimum Gasteiger partial charge on any atom is -1.00 e. The molecule has 0 aromatic rings. The molecule has 0 aliphatic carbocycles. The number of carbonyl (C=O) groups excluding carboxylic acids is 1. The van der Waals surface area contributed by atoms with Crippen LogP contribution in [0.5, 0.6) is 0 Å². The molecule has 0 spiro atoms. The van der Waals surface area contributed by atoms with Gasteiger partial charge in [0.2, 0.25) is 0 Å². The van der Waals surface area contributed by atoms with Crippen LogP contribution in [0.4, 0.5) is 0 Å². The van der Waals surface area contributed by atoms with Crippen molar-refractivity contribution in [3.8, 4) is 0 Å². The van der Waals surface area contributed by atoms with E-state index in [9.17, 15) is 4.79 Å². The van der Waals surface area contributed by atoms with E-state index in [-0.39, 0.29) is 70.1 Å². The minimum absolute atomic E-state index is 0. The molecule has 0 aromatic carbocycles. The normalized spacial score (nSPS) is 16.4. The third-order valence-corrected chi connectivity index (χ3v) is 1.48. The fourth-order valence-corrected chi connectivity index (χ4v) is 0.644. The molecule has 0 fully saturated rings. The number of aldehydes is 1. The summed E-state index contributed by atoms with van der Waals surface area (Å²) in [4.78, 5) is 10.0. The van der Waals surface area contributed by atoms with Crippen molar-refractivity contribution in [2.75, 3.05) is 6.61 Å². The predicted molar refractivity (Wildman–Crippen MR) is 53.3 cm³/mol. The second-order valence-electron chi connectivity index (χ2n) is 2.89. The van der Waals surface area contributed by atoms with Gasteiger partial charge in [-0.05, 0) is 0 Å². The number of aliphatic hydroxyl groups excluding tert-OH is 4. The van der Waals surface area contributed by atoms with Crippen molar-refractivity contribution in [3.63, 3.8) is 0 Å². The molecule has 0 aliphatic rings. The Bertz CT molecular complexity index is 308. The largest absolute Gasteiger partial charge is 1.00 e. The maximum Gasteiger partial charge on any atom is 1.00 e. The van der Waals surface area contributed by atoms with Crippen molar-refractivity contribution in [2.45, 2.75) is 24.4 Å². The molecule has 8 N–H and O–H groups in total. The maximum absolute atomic E-state index is 10.0. The summed E-state index contributed by atoms with van der Waals surface area (Å²) >= 11 is 0. The second kappa shape index (κ2) is 14.2. The summed E-state index contributed by atoms with van der Waals surface area (Å²) < 4.78 is 31.6. The molecule has 112 valence electrons. The molecule has 0 amide bonds. The van der Waals surface area contributed by atoms with Crippen molar-refractivity contribution in [3.05, 3.63) is 0 Å². The molecule has 4 atom stereocenters. The zero-order chi connectivity index (χ0) is 14.2. The van der Waals surface area contributed by atoms with E-state index >= 15 is 0 Å². The summed E-state index contributed by atoms with van der Waals surface area (Å²) in [5, 5.41) is 35.2. The molecule has 0 heterocycles.